The molecule has 1 rings (SSSR count). The Labute approximate surface area is 175 Å². The van der Waals surface area contributed by atoms with Gasteiger partial charge in [0.2, 0.25) is 17.7 Å². The zero-order valence-corrected chi connectivity index (χ0v) is 17.1. The van der Waals surface area contributed by atoms with Gasteiger partial charge in [-0.3, -0.25) is 14.4 Å². The molecule has 1 saturated heterocycles. The van der Waals surface area contributed by atoms with Crippen molar-refractivity contribution in [2.24, 2.45) is 11.5 Å². The Morgan fingerprint density at radius 3 is 2.41 bits per heavy atom. The molecule has 0 radical (unpaired) electrons. The van der Waals surface area contributed by atoms with E-state index in [4.69, 9.17) is 21.7 Å². The van der Waals surface area contributed by atoms with Gasteiger partial charge < -0.3 is 37.2 Å². The van der Waals surface area contributed by atoms with Crippen LogP contribution in [-0.2, 0) is 19.2 Å². The zero-order valence-electron chi connectivity index (χ0n) is 16.2. The van der Waals surface area contributed by atoms with Gasteiger partial charge in [-0.1, -0.05) is 6.42 Å². The van der Waals surface area contributed by atoms with Crippen molar-refractivity contribution in [3.05, 3.63) is 0 Å². The molecule has 3 amide bonds. The molecule has 4 unspecified atom stereocenters. The summed E-state index contributed by atoms with van der Waals surface area (Å²) in [5, 5.41) is 22.8. The molecule has 12 heteroatoms. The minimum Gasteiger partial charge on any atom is -0.480 e. The van der Waals surface area contributed by atoms with Gasteiger partial charge in [-0.2, -0.15) is 12.6 Å². The number of carbonyl (C=O) groups is 4. The molecule has 0 spiro atoms. The molecule has 8 N–H and O–H groups in total. The molecule has 1 fully saturated rings. The maximum Gasteiger partial charge on any atom is 0.328 e. The first-order valence-corrected chi connectivity index (χ1v) is 10.2. The number of carboxylic acid groups (broad SMARTS) is 1. The molecule has 11 nitrogen and oxygen atoms in total. The highest BCUT2D eigenvalue weighted by atomic mass is 32.1. The summed E-state index contributed by atoms with van der Waals surface area (Å²) in [6.07, 6.45) is 2.76. The Morgan fingerprint density at radius 2 is 1.86 bits per heavy atom. The maximum atomic E-state index is 12.9. The van der Waals surface area contributed by atoms with E-state index >= 15 is 0 Å². The van der Waals surface area contributed by atoms with Gasteiger partial charge in [0.15, 0.2) is 0 Å². The van der Waals surface area contributed by atoms with E-state index in [9.17, 15) is 19.2 Å². The predicted molar refractivity (Wildman–Crippen MR) is 108 cm³/mol. The third-order valence-electron chi connectivity index (χ3n) is 4.74. The lowest BCUT2D eigenvalue weighted by Crippen LogP contribution is -2.57. The monoisotopic (exact) mass is 433 g/mol. The summed E-state index contributed by atoms with van der Waals surface area (Å²) >= 11 is 4.12. The fourth-order valence-corrected chi connectivity index (χ4v) is 3.31. The first-order valence-electron chi connectivity index (χ1n) is 9.58. The highest BCUT2D eigenvalue weighted by Gasteiger charge is 2.38. The van der Waals surface area contributed by atoms with E-state index in [1.165, 1.54) is 4.90 Å². The number of nitrogens with two attached hydrogens (primary N) is 2. The quantitative estimate of drug-likeness (QED) is 0.129. The SMILES string of the molecule is NCCCCC(N)C(=O)NC(CS)C(=O)N1CCCC1C(=O)NC(CO)C(=O)O. The Hall–Kier alpha value is -1.89. The fourth-order valence-electron chi connectivity index (χ4n) is 3.06. The molecule has 1 aliphatic heterocycles. The topological polar surface area (TPSA) is 188 Å². The van der Waals surface area contributed by atoms with Crippen LogP contribution < -0.4 is 22.1 Å². The number of amides is 3. The van der Waals surface area contributed by atoms with Crippen LogP contribution in [0.25, 0.3) is 0 Å². The molecule has 4 atom stereocenters. The molecule has 1 heterocycles. The zero-order chi connectivity index (χ0) is 22.0. The van der Waals surface area contributed by atoms with E-state index in [2.05, 4.69) is 23.3 Å². The normalized spacial score (nSPS) is 19.3. The van der Waals surface area contributed by atoms with Gasteiger partial charge in [-0.25, -0.2) is 4.79 Å². The van der Waals surface area contributed by atoms with Gasteiger partial charge >= 0.3 is 5.97 Å². The molecule has 166 valence electrons. The van der Waals surface area contributed by atoms with Crippen LogP contribution in [0.1, 0.15) is 32.1 Å². The van der Waals surface area contributed by atoms with E-state index in [0.717, 1.165) is 6.42 Å². The number of carbonyl (C=O) groups excluding carboxylic acids is 3. The number of unbranched alkanes of at least 4 members (excludes halogenated alkanes) is 1. The van der Waals surface area contributed by atoms with Crippen molar-refractivity contribution in [2.45, 2.75) is 56.3 Å². The van der Waals surface area contributed by atoms with Gasteiger partial charge in [-0.05, 0) is 32.2 Å². The summed E-state index contributed by atoms with van der Waals surface area (Å²) in [6.45, 7) is 0.0269. The molecule has 1 aliphatic rings. The molecular weight excluding hydrogens is 402 g/mol. The van der Waals surface area contributed by atoms with E-state index < -0.39 is 54.5 Å². The van der Waals surface area contributed by atoms with Gasteiger partial charge in [-0.15, -0.1) is 0 Å². The number of nitrogens with zero attached hydrogens (tertiary/aromatic N) is 1. The predicted octanol–water partition coefficient (Wildman–Crippen LogP) is -2.59. The minimum atomic E-state index is -1.45. The number of carboxylic acids is 1. The van der Waals surface area contributed by atoms with E-state index in [-0.39, 0.29) is 12.3 Å². The number of likely N-dealkylation sites (tertiary alicyclic amines) is 1. The summed E-state index contributed by atoms with van der Waals surface area (Å²) < 4.78 is 0. The second-order valence-corrected chi connectivity index (χ2v) is 7.27. The number of hydrogen-bond donors (Lipinski definition) is 7. The summed E-state index contributed by atoms with van der Waals surface area (Å²) in [7, 11) is 0. The molecule has 0 aliphatic carbocycles. The summed E-state index contributed by atoms with van der Waals surface area (Å²) in [5.41, 5.74) is 11.3. The van der Waals surface area contributed by atoms with E-state index in [1.54, 1.807) is 0 Å². The number of nitrogens with one attached hydrogen (secondary N) is 2. The van der Waals surface area contributed by atoms with Crippen molar-refractivity contribution in [3.63, 3.8) is 0 Å². The molecule has 0 aromatic heterocycles. The standard InChI is InChI=1S/C17H31N5O6S/c18-6-2-1-4-10(19)14(24)21-12(9-29)16(26)22-7-3-5-13(22)15(25)20-11(8-23)17(27)28/h10-13,23,29H,1-9,18-19H2,(H,20,25)(H,21,24)(H,27,28). The van der Waals surface area contributed by atoms with Crippen LogP contribution in [-0.4, -0.2) is 88.4 Å². The Balaban J connectivity index is 2.73. The highest BCUT2D eigenvalue weighted by molar-refractivity contribution is 7.80. The minimum absolute atomic E-state index is 0.0132. The highest BCUT2D eigenvalue weighted by Crippen LogP contribution is 2.19. The van der Waals surface area contributed by atoms with Crippen molar-refractivity contribution < 1.29 is 29.4 Å². The van der Waals surface area contributed by atoms with Crippen LogP contribution in [0.2, 0.25) is 0 Å². The Kier molecular flexibility index (Phi) is 10.9. The van der Waals surface area contributed by atoms with Crippen LogP contribution in [0.15, 0.2) is 0 Å². The average Bonchev–Trinajstić information content (AvgIpc) is 3.19. The maximum absolute atomic E-state index is 12.9. The number of rotatable bonds is 12. The van der Waals surface area contributed by atoms with Crippen molar-refractivity contribution in [2.75, 3.05) is 25.4 Å². The third-order valence-corrected chi connectivity index (χ3v) is 5.10. The molecular formula is C17H31N5O6S. The number of hydrogen-bond acceptors (Lipinski definition) is 8. The molecule has 0 saturated carbocycles. The summed E-state index contributed by atoms with van der Waals surface area (Å²) in [6, 6.07) is -4.08. The van der Waals surface area contributed by atoms with Crippen molar-refractivity contribution in [3.8, 4) is 0 Å². The van der Waals surface area contributed by atoms with Crippen molar-refractivity contribution >= 4 is 36.3 Å². The summed E-state index contributed by atoms with van der Waals surface area (Å²) in [4.78, 5) is 49.8. The van der Waals surface area contributed by atoms with Crippen molar-refractivity contribution in [1.29, 1.82) is 0 Å². The molecule has 0 bridgehead atoms. The second kappa shape index (κ2) is 12.6. The average molecular weight is 434 g/mol. The second-order valence-electron chi connectivity index (χ2n) is 6.91. The van der Waals surface area contributed by atoms with E-state index in [1.807, 2.05) is 0 Å². The third kappa shape index (κ3) is 7.46. The van der Waals surface area contributed by atoms with E-state index in [0.29, 0.717) is 32.2 Å². The van der Waals surface area contributed by atoms with Crippen LogP contribution in [0.4, 0.5) is 0 Å². The lowest BCUT2D eigenvalue weighted by molar-refractivity contribution is -0.145. The first-order chi connectivity index (χ1) is 13.8. The van der Waals surface area contributed by atoms with Gasteiger partial charge in [0.05, 0.1) is 12.6 Å². The lowest BCUT2D eigenvalue weighted by Gasteiger charge is -2.29. The number of aliphatic carboxylic acids is 1. The van der Waals surface area contributed by atoms with Gasteiger partial charge in [0.25, 0.3) is 0 Å². The van der Waals surface area contributed by atoms with Gasteiger partial charge in [0, 0.05) is 12.3 Å². The number of aliphatic hydroxyl groups excluding tert-OH is 1. The Bertz CT molecular complexity index is 593. The van der Waals surface area contributed by atoms with Crippen LogP contribution in [0, 0.1) is 0 Å². The van der Waals surface area contributed by atoms with Crippen LogP contribution in [0.5, 0.6) is 0 Å². The fraction of sp³-hybridized carbons (Fsp3) is 0.765. The lowest BCUT2D eigenvalue weighted by atomic mass is 10.1. The number of aliphatic hydroxyl groups is 1. The summed E-state index contributed by atoms with van der Waals surface area (Å²) in [5.74, 6) is -3.00. The van der Waals surface area contributed by atoms with Crippen molar-refractivity contribution in [1.82, 2.24) is 15.5 Å². The molecule has 0 aromatic rings. The Morgan fingerprint density at radius 1 is 1.17 bits per heavy atom. The smallest absolute Gasteiger partial charge is 0.328 e. The molecule has 29 heavy (non-hydrogen) atoms. The first kappa shape index (κ1) is 25.1. The molecule has 0 aromatic carbocycles. The van der Waals surface area contributed by atoms with Crippen LogP contribution in [0.3, 0.4) is 0 Å². The van der Waals surface area contributed by atoms with Gasteiger partial charge in [0.1, 0.15) is 18.1 Å². The largest absolute Gasteiger partial charge is 0.480 e. The number of thiol groups is 1. The van der Waals surface area contributed by atoms with Crippen LogP contribution >= 0.6 is 12.6 Å².